The maximum Gasteiger partial charge on any atom is 0.236 e. The summed E-state index contributed by atoms with van der Waals surface area (Å²) in [5.74, 6) is 1.46. The molecule has 176 valence electrons. The highest BCUT2D eigenvalue weighted by Gasteiger charge is 2.23. The van der Waals surface area contributed by atoms with Gasteiger partial charge < -0.3 is 4.74 Å². The van der Waals surface area contributed by atoms with E-state index in [-0.39, 0.29) is 17.8 Å². The molecule has 4 heterocycles. The number of amides is 1. The summed E-state index contributed by atoms with van der Waals surface area (Å²) < 4.78 is 7.96. The van der Waals surface area contributed by atoms with E-state index in [1.165, 1.54) is 60.1 Å². The van der Waals surface area contributed by atoms with Crippen molar-refractivity contribution in [3.05, 3.63) is 21.3 Å². The Morgan fingerprint density at radius 2 is 2.06 bits per heavy atom. The maximum atomic E-state index is 12.6. The van der Waals surface area contributed by atoms with Crippen LogP contribution in [0.3, 0.4) is 0 Å². The summed E-state index contributed by atoms with van der Waals surface area (Å²) in [4.78, 5) is 13.9. The van der Waals surface area contributed by atoms with Crippen molar-refractivity contribution < 1.29 is 9.53 Å². The van der Waals surface area contributed by atoms with E-state index in [1.54, 1.807) is 11.3 Å². The molecule has 1 saturated heterocycles. The fourth-order valence-corrected chi connectivity index (χ4v) is 6.77. The number of carbonyl (C=O) groups excluding carboxylic acids is 1. The number of anilines is 1. The van der Waals surface area contributed by atoms with Crippen molar-refractivity contribution in [2.45, 2.75) is 75.6 Å². The minimum absolute atomic E-state index is 0.106. The third-order valence-corrected chi connectivity index (χ3v) is 8.92. The first-order chi connectivity index (χ1) is 16.2. The third kappa shape index (κ3) is 5.64. The molecule has 0 spiro atoms. The zero-order valence-electron chi connectivity index (χ0n) is 18.7. The van der Waals surface area contributed by atoms with Gasteiger partial charge in [0.1, 0.15) is 5.01 Å². The first-order valence-electron chi connectivity index (χ1n) is 11.5. The molecular weight excluding hydrogens is 476 g/mol. The van der Waals surface area contributed by atoms with Gasteiger partial charge in [-0.1, -0.05) is 42.4 Å². The van der Waals surface area contributed by atoms with Crippen molar-refractivity contribution >= 4 is 45.5 Å². The normalized spacial score (nSPS) is 19.2. The molecule has 1 unspecified atom stereocenters. The van der Waals surface area contributed by atoms with E-state index in [9.17, 15) is 4.79 Å². The van der Waals surface area contributed by atoms with Crippen molar-refractivity contribution in [3.8, 4) is 11.4 Å². The van der Waals surface area contributed by atoms with Crippen molar-refractivity contribution in [2.24, 2.45) is 0 Å². The summed E-state index contributed by atoms with van der Waals surface area (Å²) in [5, 5.41) is 24.8. The molecule has 5 rings (SSSR count). The van der Waals surface area contributed by atoms with E-state index in [4.69, 9.17) is 4.74 Å². The molecule has 3 aromatic heterocycles. The van der Waals surface area contributed by atoms with Gasteiger partial charge >= 0.3 is 0 Å². The lowest BCUT2D eigenvalue weighted by atomic mass is 9.90. The number of nitrogens with one attached hydrogen (secondary N) is 1. The van der Waals surface area contributed by atoms with Crippen LogP contribution >= 0.6 is 34.4 Å². The number of rotatable bonds is 8. The Bertz CT molecular complexity index is 1080. The number of carbonyl (C=O) groups is 1. The van der Waals surface area contributed by atoms with Crippen molar-refractivity contribution in [1.29, 1.82) is 0 Å². The summed E-state index contributed by atoms with van der Waals surface area (Å²) in [6, 6.07) is 2.13. The molecule has 3 aromatic rings. The van der Waals surface area contributed by atoms with E-state index in [0.29, 0.717) is 17.6 Å². The Hall–Kier alpha value is -1.82. The molecule has 0 radical (unpaired) electrons. The molecule has 11 heteroatoms. The van der Waals surface area contributed by atoms with E-state index < -0.39 is 0 Å². The van der Waals surface area contributed by atoms with Gasteiger partial charge in [-0.05, 0) is 38.7 Å². The number of aryl methyl sites for hydroxylation is 1. The first kappa shape index (κ1) is 22.9. The fraction of sp³-hybridized carbons (Fsp3) is 0.591. The van der Waals surface area contributed by atoms with Gasteiger partial charge in [0.25, 0.3) is 0 Å². The highest BCUT2D eigenvalue weighted by molar-refractivity contribution is 7.99. The zero-order chi connectivity index (χ0) is 22.6. The topological polar surface area (TPSA) is 94.8 Å². The number of aromatic nitrogens is 5. The van der Waals surface area contributed by atoms with E-state index in [1.807, 2.05) is 0 Å². The molecule has 8 nitrogen and oxygen atoms in total. The van der Waals surface area contributed by atoms with Crippen LogP contribution in [0, 0.1) is 6.92 Å². The lowest BCUT2D eigenvalue weighted by Crippen LogP contribution is -2.18. The largest absolute Gasteiger partial charge is 0.376 e. The molecule has 0 bridgehead atoms. The number of thioether (sulfide) groups is 1. The summed E-state index contributed by atoms with van der Waals surface area (Å²) in [7, 11) is 0. The summed E-state index contributed by atoms with van der Waals surface area (Å²) in [5.41, 5.74) is 1.06. The van der Waals surface area contributed by atoms with Gasteiger partial charge in [-0.15, -0.1) is 31.7 Å². The van der Waals surface area contributed by atoms with Crippen molar-refractivity contribution in [1.82, 2.24) is 25.0 Å². The smallest absolute Gasteiger partial charge is 0.236 e. The Morgan fingerprint density at radius 1 is 1.18 bits per heavy atom. The highest BCUT2D eigenvalue weighted by atomic mass is 32.2. The predicted octanol–water partition coefficient (Wildman–Crippen LogP) is 5.12. The van der Waals surface area contributed by atoms with Crippen molar-refractivity contribution in [3.63, 3.8) is 0 Å². The van der Waals surface area contributed by atoms with Gasteiger partial charge in [-0.25, -0.2) is 0 Å². The van der Waals surface area contributed by atoms with Crippen LogP contribution in [0.25, 0.3) is 11.4 Å². The van der Waals surface area contributed by atoms with E-state index >= 15 is 0 Å². The monoisotopic (exact) mass is 504 g/mol. The number of nitrogens with zero attached hydrogens (tertiary/aromatic N) is 5. The van der Waals surface area contributed by atoms with Gasteiger partial charge in [-0.3, -0.25) is 14.7 Å². The van der Waals surface area contributed by atoms with Crippen LogP contribution in [0.15, 0.2) is 16.6 Å². The Kier molecular flexibility index (Phi) is 7.39. The lowest BCUT2D eigenvalue weighted by Gasteiger charge is -2.18. The van der Waals surface area contributed by atoms with Crippen LogP contribution in [0.1, 0.15) is 60.7 Å². The molecule has 2 aliphatic rings. The van der Waals surface area contributed by atoms with Crippen molar-refractivity contribution in [2.75, 3.05) is 17.7 Å². The molecule has 2 fully saturated rings. The summed E-state index contributed by atoms with van der Waals surface area (Å²) >= 11 is 4.60. The second kappa shape index (κ2) is 10.6. The summed E-state index contributed by atoms with van der Waals surface area (Å²) in [6.07, 6.45) is 8.42. The van der Waals surface area contributed by atoms with Crippen LogP contribution < -0.4 is 5.32 Å². The predicted molar refractivity (Wildman–Crippen MR) is 132 cm³/mol. The maximum absolute atomic E-state index is 12.6. The zero-order valence-corrected chi connectivity index (χ0v) is 21.1. The Morgan fingerprint density at radius 3 is 2.82 bits per heavy atom. The van der Waals surface area contributed by atoms with Gasteiger partial charge in [0, 0.05) is 28.3 Å². The van der Waals surface area contributed by atoms with Gasteiger partial charge in [0.2, 0.25) is 11.0 Å². The van der Waals surface area contributed by atoms with Crippen LogP contribution in [-0.2, 0) is 16.1 Å². The molecule has 0 aromatic carbocycles. The fourth-order valence-electron chi connectivity index (χ4n) is 4.41. The van der Waals surface area contributed by atoms with Crippen LogP contribution in [0.2, 0.25) is 0 Å². The third-order valence-electron chi connectivity index (χ3n) is 6.09. The number of thiophene rings is 1. The molecule has 1 amide bonds. The molecule has 1 aliphatic carbocycles. The SMILES string of the molecule is Cc1cc(-c2nnc(SCC(=O)Nc3nnc(C4CCCCC4)s3)n2CC2CCCO2)cs1. The quantitative estimate of drug-likeness (QED) is 0.425. The minimum Gasteiger partial charge on any atom is -0.376 e. The molecule has 1 N–H and O–H groups in total. The van der Waals surface area contributed by atoms with Gasteiger partial charge in [0.05, 0.1) is 18.4 Å². The van der Waals surface area contributed by atoms with E-state index in [0.717, 1.165) is 41.0 Å². The average molecular weight is 505 g/mol. The second-order valence-electron chi connectivity index (χ2n) is 8.62. The highest BCUT2D eigenvalue weighted by Crippen LogP contribution is 2.35. The van der Waals surface area contributed by atoms with Gasteiger partial charge in [0.15, 0.2) is 11.0 Å². The summed E-state index contributed by atoms with van der Waals surface area (Å²) in [6.45, 7) is 3.58. The number of hydrogen-bond donors (Lipinski definition) is 1. The molecule has 1 aliphatic heterocycles. The van der Waals surface area contributed by atoms with Crippen LogP contribution in [0.4, 0.5) is 5.13 Å². The Balaban J connectivity index is 1.23. The van der Waals surface area contributed by atoms with E-state index in [2.05, 4.69) is 48.6 Å². The van der Waals surface area contributed by atoms with Crippen LogP contribution in [0.5, 0.6) is 0 Å². The van der Waals surface area contributed by atoms with Crippen LogP contribution in [-0.4, -0.2) is 49.3 Å². The molecule has 33 heavy (non-hydrogen) atoms. The van der Waals surface area contributed by atoms with Gasteiger partial charge in [-0.2, -0.15) is 0 Å². The Labute approximate surface area is 205 Å². The standard InChI is InChI=1S/C22H28N6O2S3/c1-14-10-16(12-31-14)19-24-27-22(28(19)11-17-8-5-9-30-17)32-13-18(29)23-21-26-25-20(33-21)15-6-3-2-4-7-15/h10,12,15,17H,2-9,11,13H2,1H3,(H,23,26,29). The molecular formula is C22H28N6O2S3. The molecule has 1 saturated carbocycles. The number of ether oxygens (including phenoxy) is 1. The number of hydrogen-bond acceptors (Lipinski definition) is 9. The minimum atomic E-state index is -0.106. The molecule has 1 atom stereocenters. The first-order valence-corrected chi connectivity index (χ1v) is 14.2. The lowest BCUT2D eigenvalue weighted by molar-refractivity contribution is -0.113. The second-order valence-corrected chi connectivity index (χ2v) is 11.7. The average Bonchev–Trinajstić information content (AvgIpc) is 3.62.